The third-order valence-electron chi connectivity index (χ3n) is 4.26. The number of carbonyl (C=O) groups excluding carboxylic acids is 1. The number of carbonyl (C=O) groups is 1. The molecule has 1 amide bonds. The molecular formula is C21H24N4OS. The number of benzene rings is 2. The van der Waals surface area contributed by atoms with E-state index in [0.29, 0.717) is 11.7 Å². The van der Waals surface area contributed by atoms with Crippen LogP contribution in [0.3, 0.4) is 0 Å². The van der Waals surface area contributed by atoms with Gasteiger partial charge in [-0.25, -0.2) is 0 Å². The summed E-state index contributed by atoms with van der Waals surface area (Å²) in [6.45, 7) is 7.16. The number of nitrogens with one attached hydrogen (secondary N) is 1. The number of thioether (sulfide) groups is 1. The molecule has 5 nitrogen and oxygen atoms in total. The number of para-hydroxylation sites is 1. The van der Waals surface area contributed by atoms with Crippen LogP contribution in [-0.4, -0.2) is 26.4 Å². The van der Waals surface area contributed by atoms with Crippen LogP contribution >= 0.6 is 11.8 Å². The largest absolute Gasteiger partial charge is 0.325 e. The normalized spacial score (nSPS) is 11.0. The van der Waals surface area contributed by atoms with Gasteiger partial charge in [0.25, 0.3) is 0 Å². The Bertz CT molecular complexity index is 888. The number of aromatic nitrogens is 3. The van der Waals surface area contributed by atoms with Crippen molar-refractivity contribution >= 4 is 23.4 Å². The minimum atomic E-state index is -0.0558. The van der Waals surface area contributed by atoms with Crippen molar-refractivity contribution < 1.29 is 4.79 Å². The fraction of sp³-hybridized carbons (Fsp3) is 0.286. The Morgan fingerprint density at radius 3 is 2.41 bits per heavy atom. The van der Waals surface area contributed by atoms with Gasteiger partial charge in [0.05, 0.1) is 5.75 Å². The van der Waals surface area contributed by atoms with Gasteiger partial charge in [-0.3, -0.25) is 4.79 Å². The summed E-state index contributed by atoms with van der Waals surface area (Å²) in [7, 11) is 0. The molecule has 140 valence electrons. The second kappa shape index (κ2) is 8.86. The predicted molar refractivity (Wildman–Crippen MR) is 111 cm³/mol. The Labute approximate surface area is 164 Å². The zero-order chi connectivity index (χ0) is 19.2. The van der Waals surface area contributed by atoms with Crippen LogP contribution in [-0.2, 0) is 11.3 Å². The molecule has 1 heterocycles. The first-order valence-corrected chi connectivity index (χ1v) is 10.1. The molecule has 0 spiro atoms. The molecule has 27 heavy (non-hydrogen) atoms. The van der Waals surface area contributed by atoms with Gasteiger partial charge in [0.1, 0.15) is 0 Å². The monoisotopic (exact) mass is 380 g/mol. The summed E-state index contributed by atoms with van der Waals surface area (Å²) in [5, 5.41) is 12.3. The van der Waals surface area contributed by atoms with E-state index in [2.05, 4.69) is 60.6 Å². The van der Waals surface area contributed by atoms with Crippen LogP contribution in [0.15, 0.2) is 59.8 Å². The Balaban J connectivity index is 1.69. The smallest absolute Gasteiger partial charge is 0.234 e. The minimum absolute atomic E-state index is 0.0558. The summed E-state index contributed by atoms with van der Waals surface area (Å²) in [6, 6.07) is 17.9. The highest BCUT2D eigenvalue weighted by molar-refractivity contribution is 7.99. The lowest BCUT2D eigenvalue weighted by molar-refractivity contribution is -0.113. The summed E-state index contributed by atoms with van der Waals surface area (Å²) < 4.78 is 2.05. The summed E-state index contributed by atoms with van der Waals surface area (Å²) in [6.07, 6.45) is 0. The fourth-order valence-corrected chi connectivity index (χ4v) is 3.56. The molecule has 6 heteroatoms. The van der Waals surface area contributed by atoms with Crippen molar-refractivity contribution in [3.8, 4) is 11.4 Å². The van der Waals surface area contributed by atoms with E-state index in [9.17, 15) is 4.79 Å². The molecule has 0 aliphatic heterocycles. The van der Waals surface area contributed by atoms with E-state index in [1.165, 1.54) is 17.3 Å². The van der Waals surface area contributed by atoms with E-state index in [-0.39, 0.29) is 5.91 Å². The lowest BCUT2D eigenvalue weighted by Gasteiger charge is -2.09. The maximum Gasteiger partial charge on any atom is 0.234 e. The average Bonchev–Trinajstić information content (AvgIpc) is 3.10. The van der Waals surface area contributed by atoms with Gasteiger partial charge in [0.15, 0.2) is 11.0 Å². The maximum absolute atomic E-state index is 12.2. The quantitative estimate of drug-likeness (QED) is 0.597. The van der Waals surface area contributed by atoms with Gasteiger partial charge in [0.2, 0.25) is 5.91 Å². The Morgan fingerprint density at radius 1 is 1.07 bits per heavy atom. The SMILES string of the molecule is CCn1c(SCC(=O)Nc2ccccc2)nnc1-c1ccc(C(C)C)cc1. The topological polar surface area (TPSA) is 59.8 Å². The summed E-state index contributed by atoms with van der Waals surface area (Å²) in [5.41, 5.74) is 3.13. The molecule has 0 radical (unpaired) electrons. The summed E-state index contributed by atoms with van der Waals surface area (Å²) >= 11 is 1.40. The highest BCUT2D eigenvalue weighted by Gasteiger charge is 2.15. The van der Waals surface area contributed by atoms with Gasteiger partial charge >= 0.3 is 0 Å². The number of anilines is 1. The van der Waals surface area contributed by atoms with E-state index >= 15 is 0 Å². The standard InChI is InChI=1S/C21H24N4OS/c1-4-25-20(17-12-10-16(11-13-17)15(2)3)23-24-21(25)27-14-19(26)22-18-8-6-5-7-9-18/h5-13,15H,4,14H2,1-3H3,(H,22,26). The van der Waals surface area contributed by atoms with Crippen LogP contribution in [0.1, 0.15) is 32.3 Å². The summed E-state index contributed by atoms with van der Waals surface area (Å²) in [4.78, 5) is 12.2. The van der Waals surface area contributed by atoms with Gasteiger partial charge in [-0.2, -0.15) is 0 Å². The fourth-order valence-electron chi connectivity index (χ4n) is 2.76. The lowest BCUT2D eigenvalue weighted by atomic mass is 10.0. The molecule has 1 N–H and O–H groups in total. The number of amides is 1. The first-order chi connectivity index (χ1) is 13.1. The van der Waals surface area contributed by atoms with Crippen molar-refractivity contribution in [2.45, 2.75) is 38.4 Å². The molecule has 2 aromatic carbocycles. The molecule has 0 aliphatic carbocycles. The molecule has 3 rings (SSSR count). The van der Waals surface area contributed by atoms with E-state index in [4.69, 9.17) is 0 Å². The number of hydrogen-bond acceptors (Lipinski definition) is 4. The zero-order valence-corrected chi connectivity index (χ0v) is 16.7. The molecule has 0 fully saturated rings. The Morgan fingerprint density at radius 2 is 1.78 bits per heavy atom. The van der Waals surface area contributed by atoms with Crippen LogP contribution in [0, 0.1) is 0 Å². The molecule has 1 aromatic heterocycles. The predicted octanol–water partition coefficient (Wildman–Crippen LogP) is 4.82. The summed E-state index contributed by atoms with van der Waals surface area (Å²) in [5.74, 6) is 1.56. The van der Waals surface area contributed by atoms with Gasteiger partial charge < -0.3 is 9.88 Å². The average molecular weight is 381 g/mol. The van der Waals surface area contributed by atoms with Crippen molar-refractivity contribution in [1.29, 1.82) is 0 Å². The van der Waals surface area contributed by atoms with Crippen molar-refractivity contribution in [2.24, 2.45) is 0 Å². The zero-order valence-electron chi connectivity index (χ0n) is 15.8. The van der Waals surface area contributed by atoms with Gasteiger partial charge in [0, 0.05) is 17.8 Å². The first-order valence-electron chi connectivity index (χ1n) is 9.09. The van der Waals surface area contributed by atoms with Crippen molar-refractivity contribution in [1.82, 2.24) is 14.8 Å². The lowest BCUT2D eigenvalue weighted by Crippen LogP contribution is -2.14. The third-order valence-corrected chi connectivity index (χ3v) is 5.23. The Hall–Kier alpha value is -2.60. The van der Waals surface area contributed by atoms with E-state index in [1.54, 1.807) is 0 Å². The van der Waals surface area contributed by atoms with E-state index in [0.717, 1.165) is 28.8 Å². The van der Waals surface area contributed by atoms with Crippen molar-refractivity contribution in [3.05, 3.63) is 60.2 Å². The molecule has 0 bridgehead atoms. The van der Waals surface area contributed by atoms with Crippen molar-refractivity contribution in [2.75, 3.05) is 11.1 Å². The van der Waals surface area contributed by atoms with E-state index < -0.39 is 0 Å². The molecule has 0 aliphatic rings. The Kier molecular flexibility index (Phi) is 6.29. The van der Waals surface area contributed by atoms with Crippen LogP contribution < -0.4 is 5.32 Å². The second-order valence-electron chi connectivity index (χ2n) is 6.53. The van der Waals surface area contributed by atoms with Gasteiger partial charge in [-0.05, 0) is 30.5 Å². The highest BCUT2D eigenvalue weighted by Crippen LogP contribution is 2.25. The molecule has 0 atom stereocenters. The van der Waals surface area contributed by atoms with Crippen LogP contribution in [0.5, 0.6) is 0 Å². The number of nitrogens with zero attached hydrogens (tertiary/aromatic N) is 3. The molecule has 0 unspecified atom stereocenters. The molecule has 0 saturated heterocycles. The number of rotatable bonds is 7. The highest BCUT2D eigenvalue weighted by atomic mass is 32.2. The number of hydrogen-bond donors (Lipinski definition) is 1. The van der Waals surface area contributed by atoms with Crippen LogP contribution in [0.4, 0.5) is 5.69 Å². The first kappa shape index (κ1) is 19.2. The molecular weight excluding hydrogens is 356 g/mol. The maximum atomic E-state index is 12.2. The van der Waals surface area contributed by atoms with Crippen LogP contribution in [0.25, 0.3) is 11.4 Å². The van der Waals surface area contributed by atoms with E-state index in [1.807, 2.05) is 34.9 Å². The molecule has 3 aromatic rings. The van der Waals surface area contributed by atoms with Gasteiger partial charge in [-0.15, -0.1) is 10.2 Å². The van der Waals surface area contributed by atoms with Crippen LogP contribution in [0.2, 0.25) is 0 Å². The van der Waals surface area contributed by atoms with Gasteiger partial charge in [-0.1, -0.05) is 68.1 Å². The minimum Gasteiger partial charge on any atom is -0.325 e. The van der Waals surface area contributed by atoms with Crippen molar-refractivity contribution in [3.63, 3.8) is 0 Å². The molecule has 0 saturated carbocycles. The third kappa shape index (κ3) is 4.77. The second-order valence-corrected chi connectivity index (χ2v) is 7.47.